The molecule has 1 fully saturated rings. The number of nitro groups is 1. The third kappa shape index (κ3) is 8.00. The summed E-state index contributed by atoms with van der Waals surface area (Å²) in [7, 11) is 0. The Morgan fingerprint density at radius 2 is 1.44 bits per heavy atom. The van der Waals surface area contributed by atoms with E-state index in [2.05, 4.69) is 76.2 Å². The van der Waals surface area contributed by atoms with E-state index in [1.807, 2.05) is 37.3 Å². The number of piperidine rings is 1. The molecule has 52 heavy (non-hydrogen) atoms. The van der Waals surface area contributed by atoms with Gasteiger partial charge < -0.3 is 20.3 Å². The van der Waals surface area contributed by atoms with Crippen molar-refractivity contribution in [2.24, 2.45) is 0 Å². The van der Waals surface area contributed by atoms with Gasteiger partial charge in [-0.25, -0.2) is 4.79 Å². The molecule has 9 nitrogen and oxygen atoms in total. The van der Waals surface area contributed by atoms with Gasteiger partial charge in [0.25, 0.3) is 5.69 Å². The summed E-state index contributed by atoms with van der Waals surface area (Å²) in [5.74, 6) is -1.60. The van der Waals surface area contributed by atoms with Gasteiger partial charge in [0.05, 0.1) is 16.4 Å². The summed E-state index contributed by atoms with van der Waals surface area (Å²) in [4.78, 5) is 41.4. The van der Waals surface area contributed by atoms with Crippen molar-refractivity contribution in [3.8, 4) is 0 Å². The van der Waals surface area contributed by atoms with Crippen LogP contribution in [0.3, 0.4) is 0 Å². The van der Waals surface area contributed by atoms with Crippen LogP contribution in [-0.2, 0) is 26.3 Å². The van der Waals surface area contributed by atoms with Gasteiger partial charge >= 0.3 is 5.97 Å². The lowest BCUT2D eigenvalue weighted by Gasteiger charge is -2.43. The highest BCUT2D eigenvalue weighted by molar-refractivity contribution is 6.02. The zero-order valence-electron chi connectivity index (χ0n) is 29.8. The fourth-order valence-electron chi connectivity index (χ4n) is 7.65. The number of ether oxygens (including phenoxy) is 1. The number of nitro benzene ring substituents is 1. The van der Waals surface area contributed by atoms with E-state index >= 15 is 0 Å². The Morgan fingerprint density at radius 1 is 0.865 bits per heavy atom. The fourth-order valence-corrected chi connectivity index (χ4v) is 7.65. The van der Waals surface area contributed by atoms with Crippen LogP contribution in [0.15, 0.2) is 138 Å². The highest BCUT2D eigenvalue weighted by Crippen LogP contribution is 2.42. The Balaban J connectivity index is 1.15. The third-order valence-electron chi connectivity index (χ3n) is 10.4. The molecule has 2 aliphatic heterocycles. The lowest BCUT2D eigenvalue weighted by Crippen LogP contribution is -2.44. The molecule has 9 heteroatoms. The number of carbonyl (C=O) groups is 2. The number of allylic oxidation sites excluding steroid dienone is 2. The zero-order chi connectivity index (χ0) is 36.5. The molecule has 1 atom stereocenters. The topological polar surface area (TPSA) is 114 Å². The second-order valence-electron chi connectivity index (χ2n) is 13.5. The number of amides is 1. The SMILES string of the molecule is CCC1=C(C(=O)NCCCN2CCC(c3ccccc3)(c3ccccc3)CC2)C(c2ccc([N+](=O)[O-])cc2)C(C(=O)OCc2ccccc2)=C(C)N1. The first-order valence-electron chi connectivity index (χ1n) is 18.1. The summed E-state index contributed by atoms with van der Waals surface area (Å²) in [6.45, 7) is 7.03. The number of hydrogen-bond donors (Lipinski definition) is 2. The number of esters is 1. The number of hydrogen-bond acceptors (Lipinski definition) is 7. The summed E-state index contributed by atoms with van der Waals surface area (Å²) in [6.07, 6.45) is 3.31. The van der Waals surface area contributed by atoms with E-state index in [0.717, 1.165) is 44.5 Å². The second-order valence-corrected chi connectivity index (χ2v) is 13.5. The zero-order valence-corrected chi connectivity index (χ0v) is 29.8. The van der Waals surface area contributed by atoms with E-state index in [-0.39, 0.29) is 23.6 Å². The minimum absolute atomic E-state index is 0.0251. The molecule has 2 N–H and O–H groups in total. The van der Waals surface area contributed by atoms with Crippen LogP contribution < -0.4 is 10.6 Å². The van der Waals surface area contributed by atoms with Crippen LogP contribution in [0.25, 0.3) is 0 Å². The summed E-state index contributed by atoms with van der Waals surface area (Å²) in [6, 6.07) is 37.0. The van der Waals surface area contributed by atoms with Gasteiger partial charge in [0, 0.05) is 41.1 Å². The summed E-state index contributed by atoms with van der Waals surface area (Å²) in [5, 5.41) is 17.9. The third-order valence-corrected chi connectivity index (χ3v) is 10.4. The molecule has 6 rings (SSSR count). The van der Waals surface area contributed by atoms with Crippen LogP contribution in [0.4, 0.5) is 5.69 Å². The van der Waals surface area contributed by atoms with Crippen LogP contribution in [0.2, 0.25) is 0 Å². The first kappa shape index (κ1) is 36.3. The van der Waals surface area contributed by atoms with Crippen molar-refractivity contribution < 1.29 is 19.2 Å². The number of nitrogens with one attached hydrogen (secondary N) is 2. The fraction of sp³-hybridized carbons (Fsp3) is 0.302. The van der Waals surface area contributed by atoms with Crippen molar-refractivity contribution in [1.29, 1.82) is 0 Å². The minimum atomic E-state index is -0.772. The van der Waals surface area contributed by atoms with E-state index in [9.17, 15) is 19.7 Å². The van der Waals surface area contributed by atoms with Crippen LogP contribution in [0, 0.1) is 10.1 Å². The van der Waals surface area contributed by atoms with Gasteiger partial charge in [-0.15, -0.1) is 0 Å². The average molecular weight is 699 g/mol. The standard InChI is InChI=1S/C43H46N4O5/c1-3-37-40(39(33-20-22-36(23-21-33)47(50)51)38(31(2)45-37)42(49)52-30-32-14-7-4-8-15-32)41(48)44-26-13-27-46-28-24-43(25-29-46,34-16-9-5-10-17-34)35-18-11-6-12-19-35/h4-12,14-23,39,45H,3,13,24-30H2,1-2H3,(H,44,48). The molecule has 2 aliphatic rings. The molecule has 0 saturated carbocycles. The predicted octanol–water partition coefficient (Wildman–Crippen LogP) is 7.55. The Hall–Kier alpha value is -5.54. The van der Waals surface area contributed by atoms with Gasteiger partial charge in [0.1, 0.15) is 6.61 Å². The summed E-state index contributed by atoms with van der Waals surface area (Å²) in [5.41, 5.74) is 6.06. The van der Waals surface area contributed by atoms with E-state index in [1.54, 1.807) is 19.1 Å². The smallest absolute Gasteiger partial charge is 0.337 e. The van der Waals surface area contributed by atoms with Crippen LogP contribution in [0.1, 0.15) is 67.7 Å². The molecule has 0 radical (unpaired) electrons. The number of likely N-dealkylation sites (tertiary alicyclic amines) is 1. The number of non-ortho nitro benzene ring substituents is 1. The summed E-state index contributed by atoms with van der Waals surface area (Å²) >= 11 is 0. The predicted molar refractivity (Wildman–Crippen MR) is 202 cm³/mol. The molecule has 0 bridgehead atoms. The van der Waals surface area contributed by atoms with Crippen molar-refractivity contribution >= 4 is 17.6 Å². The first-order valence-corrected chi connectivity index (χ1v) is 18.1. The molecule has 0 aliphatic carbocycles. The van der Waals surface area contributed by atoms with Gasteiger partial charge in [-0.1, -0.05) is 110 Å². The maximum Gasteiger partial charge on any atom is 0.337 e. The minimum Gasteiger partial charge on any atom is -0.457 e. The maximum absolute atomic E-state index is 14.1. The molecule has 4 aromatic rings. The molecule has 1 amide bonds. The van der Waals surface area contributed by atoms with Crippen LogP contribution in [-0.4, -0.2) is 47.9 Å². The Kier molecular flexibility index (Phi) is 11.6. The molecule has 0 spiro atoms. The maximum atomic E-state index is 14.1. The summed E-state index contributed by atoms with van der Waals surface area (Å²) < 4.78 is 5.78. The quantitative estimate of drug-likeness (QED) is 0.0642. The lowest BCUT2D eigenvalue weighted by molar-refractivity contribution is -0.384. The van der Waals surface area contributed by atoms with Crippen molar-refractivity contribution in [2.75, 3.05) is 26.2 Å². The monoisotopic (exact) mass is 698 g/mol. The van der Waals surface area contributed by atoms with Crippen molar-refractivity contribution in [3.63, 3.8) is 0 Å². The second kappa shape index (κ2) is 16.7. The van der Waals surface area contributed by atoms with Gasteiger partial charge in [-0.2, -0.15) is 0 Å². The number of carbonyl (C=O) groups excluding carboxylic acids is 2. The molecule has 1 unspecified atom stereocenters. The normalized spacial score (nSPS) is 17.3. The van der Waals surface area contributed by atoms with Gasteiger partial charge in [0.15, 0.2) is 0 Å². The first-order chi connectivity index (χ1) is 25.3. The molecule has 2 heterocycles. The van der Waals surface area contributed by atoms with Gasteiger partial charge in [0.2, 0.25) is 5.91 Å². The Bertz CT molecular complexity index is 1880. The Labute approximate surface area is 305 Å². The molecule has 4 aromatic carbocycles. The number of dihydropyridines is 1. The number of rotatable bonds is 13. The highest BCUT2D eigenvalue weighted by atomic mass is 16.6. The molecular weight excluding hydrogens is 652 g/mol. The number of nitrogens with zero attached hydrogens (tertiary/aromatic N) is 2. The largest absolute Gasteiger partial charge is 0.457 e. The Morgan fingerprint density at radius 3 is 2.00 bits per heavy atom. The average Bonchev–Trinajstić information content (AvgIpc) is 3.19. The number of benzene rings is 4. The van der Waals surface area contributed by atoms with E-state index in [4.69, 9.17) is 4.74 Å². The van der Waals surface area contributed by atoms with Gasteiger partial charge in [-0.05, 0) is 74.5 Å². The molecule has 268 valence electrons. The van der Waals surface area contributed by atoms with Crippen LogP contribution in [0.5, 0.6) is 0 Å². The van der Waals surface area contributed by atoms with E-state index in [0.29, 0.717) is 41.1 Å². The molecular formula is C43H46N4O5. The van der Waals surface area contributed by atoms with E-state index in [1.165, 1.54) is 23.3 Å². The van der Waals surface area contributed by atoms with Gasteiger partial charge in [-0.3, -0.25) is 14.9 Å². The van der Waals surface area contributed by atoms with Crippen LogP contribution >= 0.6 is 0 Å². The van der Waals surface area contributed by atoms with E-state index < -0.39 is 16.8 Å². The highest BCUT2D eigenvalue weighted by Gasteiger charge is 2.39. The van der Waals surface area contributed by atoms with Crippen molar-refractivity contribution in [3.05, 3.63) is 170 Å². The van der Waals surface area contributed by atoms with Crippen molar-refractivity contribution in [2.45, 2.75) is 57.5 Å². The molecule has 1 saturated heterocycles. The lowest BCUT2D eigenvalue weighted by atomic mass is 9.68. The molecule has 0 aromatic heterocycles. The van der Waals surface area contributed by atoms with Crippen molar-refractivity contribution in [1.82, 2.24) is 15.5 Å².